The molecule has 1 fully saturated rings. The lowest BCUT2D eigenvalue weighted by atomic mass is 10.0. The Morgan fingerprint density at radius 3 is 2.55 bits per heavy atom. The predicted molar refractivity (Wildman–Crippen MR) is 80.3 cm³/mol. The first-order chi connectivity index (χ1) is 9.47. The van der Waals surface area contributed by atoms with E-state index in [0.29, 0.717) is 4.90 Å². The normalized spacial score (nSPS) is 22.6. The van der Waals surface area contributed by atoms with Crippen LogP contribution in [0.5, 0.6) is 0 Å². The molecule has 2 aliphatic heterocycles. The summed E-state index contributed by atoms with van der Waals surface area (Å²) in [6.07, 6.45) is 0. The maximum Gasteiger partial charge on any atom is 0.200 e. The van der Waals surface area contributed by atoms with Crippen LogP contribution in [0.3, 0.4) is 0 Å². The van der Waals surface area contributed by atoms with E-state index in [1.165, 1.54) is 5.41 Å². The predicted octanol–water partition coefficient (Wildman–Crippen LogP) is 1.37. The molecule has 1 aromatic carbocycles. The lowest BCUT2D eigenvalue weighted by molar-refractivity contribution is 0.168. The molecule has 0 amide bonds. The van der Waals surface area contributed by atoms with Gasteiger partial charge in [-0.15, -0.1) is 0 Å². The highest BCUT2D eigenvalue weighted by Crippen LogP contribution is 2.35. The minimum atomic E-state index is -3.24. The maximum absolute atomic E-state index is 12.2. The Bertz CT molecular complexity index is 656. The van der Waals surface area contributed by atoms with E-state index in [9.17, 15) is 8.42 Å². The summed E-state index contributed by atoms with van der Waals surface area (Å²) in [6.45, 7) is 6.79. The number of benzene rings is 1. The number of rotatable bonds is 2. The molecule has 0 atom stereocenters. The Balaban J connectivity index is 1.89. The molecule has 0 saturated carbocycles. The fourth-order valence-corrected chi connectivity index (χ4v) is 4.50. The van der Waals surface area contributed by atoms with Crippen LogP contribution >= 0.6 is 0 Å². The lowest BCUT2D eigenvalue weighted by Gasteiger charge is -2.32. The van der Waals surface area contributed by atoms with E-state index in [4.69, 9.17) is 0 Å². The fourth-order valence-electron chi connectivity index (χ4n) is 2.96. The van der Waals surface area contributed by atoms with E-state index < -0.39 is 9.84 Å². The van der Waals surface area contributed by atoms with Crippen molar-refractivity contribution < 1.29 is 8.42 Å². The molecule has 20 heavy (non-hydrogen) atoms. The molecule has 1 aromatic rings. The fraction of sp³-hybridized carbons (Fsp3) is 0.467. The number of nitrogens with zero attached hydrogens (tertiary/aromatic N) is 2. The van der Waals surface area contributed by atoms with Gasteiger partial charge in [0.15, 0.2) is 0 Å². The Morgan fingerprint density at radius 1 is 1.15 bits per heavy atom. The molecule has 0 aliphatic carbocycles. The minimum Gasteiger partial charge on any atom is -0.304 e. The monoisotopic (exact) mass is 292 g/mol. The molecular formula is C15H20N2O2S. The van der Waals surface area contributed by atoms with Crippen molar-refractivity contribution in [2.75, 3.05) is 39.8 Å². The van der Waals surface area contributed by atoms with Gasteiger partial charge in [-0.05, 0) is 31.2 Å². The number of piperazine rings is 1. The highest BCUT2D eigenvalue weighted by Gasteiger charge is 2.29. The number of hydrogen-bond donors (Lipinski definition) is 0. The van der Waals surface area contributed by atoms with Crippen molar-refractivity contribution in [2.24, 2.45) is 0 Å². The SMILES string of the molecule is Cc1cccc2c1C(CN1CCN(C)CC1)=CS2(=O)=O. The second-order valence-corrected chi connectivity index (χ2v) is 7.48. The van der Waals surface area contributed by atoms with Crippen molar-refractivity contribution in [3.63, 3.8) is 0 Å². The summed E-state index contributed by atoms with van der Waals surface area (Å²) in [7, 11) is -1.12. The molecule has 108 valence electrons. The second-order valence-electron chi connectivity index (χ2n) is 5.72. The molecule has 4 nitrogen and oxygen atoms in total. The molecule has 1 saturated heterocycles. The Labute approximate surface area is 120 Å². The standard InChI is InChI=1S/C15H20N2O2S/c1-12-4-3-5-14-15(12)13(11-20(14,18)19)10-17-8-6-16(2)7-9-17/h3-5,11H,6-10H2,1-2H3. The van der Waals surface area contributed by atoms with E-state index in [0.717, 1.165) is 49.4 Å². The average Bonchev–Trinajstić information content (AvgIpc) is 2.65. The molecule has 0 N–H and O–H groups in total. The summed E-state index contributed by atoms with van der Waals surface area (Å²) in [6, 6.07) is 5.51. The van der Waals surface area contributed by atoms with Crippen molar-refractivity contribution in [3.8, 4) is 0 Å². The first kappa shape index (κ1) is 13.8. The zero-order chi connectivity index (χ0) is 14.3. The van der Waals surface area contributed by atoms with E-state index in [-0.39, 0.29) is 0 Å². The van der Waals surface area contributed by atoms with Crippen LogP contribution in [0.2, 0.25) is 0 Å². The quantitative estimate of drug-likeness (QED) is 0.825. The van der Waals surface area contributed by atoms with Crippen LogP contribution in [0.1, 0.15) is 11.1 Å². The molecule has 0 radical (unpaired) electrons. The molecule has 2 heterocycles. The van der Waals surface area contributed by atoms with E-state index in [1.54, 1.807) is 6.07 Å². The minimum absolute atomic E-state index is 0.474. The summed E-state index contributed by atoms with van der Waals surface area (Å²) in [5.74, 6) is 0. The van der Waals surface area contributed by atoms with Crippen molar-refractivity contribution >= 4 is 15.4 Å². The van der Waals surface area contributed by atoms with E-state index in [2.05, 4.69) is 16.8 Å². The highest BCUT2D eigenvalue weighted by molar-refractivity contribution is 7.95. The zero-order valence-electron chi connectivity index (χ0n) is 12.0. The lowest BCUT2D eigenvalue weighted by Crippen LogP contribution is -2.44. The number of likely N-dealkylation sites (N-methyl/N-ethyl adjacent to an activating group) is 1. The van der Waals surface area contributed by atoms with Gasteiger partial charge in [0.25, 0.3) is 0 Å². The van der Waals surface area contributed by atoms with Gasteiger partial charge in [-0.3, -0.25) is 4.90 Å². The Morgan fingerprint density at radius 2 is 1.85 bits per heavy atom. The molecule has 5 heteroatoms. The Kier molecular flexibility index (Phi) is 3.44. The molecular weight excluding hydrogens is 272 g/mol. The van der Waals surface area contributed by atoms with Crippen LogP contribution in [0.15, 0.2) is 28.5 Å². The summed E-state index contributed by atoms with van der Waals surface area (Å²) >= 11 is 0. The second kappa shape index (κ2) is 4.98. The first-order valence-electron chi connectivity index (χ1n) is 6.94. The summed E-state index contributed by atoms with van der Waals surface area (Å²) in [5.41, 5.74) is 2.91. The van der Waals surface area contributed by atoms with Gasteiger partial charge in [-0.1, -0.05) is 12.1 Å². The van der Waals surface area contributed by atoms with Gasteiger partial charge >= 0.3 is 0 Å². The molecule has 0 unspecified atom stereocenters. The van der Waals surface area contributed by atoms with Crippen molar-refractivity contribution in [2.45, 2.75) is 11.8 Å². The van der Waals surface area contributed by atoms with Crippen LogP contribution in [-0.4, -0.2) is 58.0 Å². The van der Waals surface area contributed by atoms with Crippen LogP contribution in [-0.2, 0) is 9.84 Å². The Hall–Kier alpha value is -1.17. The summed E-state index contributed by atoms with van der Waals surface area (Å²) in [5, 5.41) is 1.46. The number of fused-ring (bicyclic) bond motifs is 1. The number of sulfone groups is 1. The van der Waals surface area contributed by atoms with Gasteiger partial charge in [-0.25, -0.2) is 8.42 Å². The summed E-state index contributed by atoms with van der Waals surface area (Å²) < 4.78 is 24.4. The van der Waals surface area contributed by atoms with Crippen molar-refractivity contribution in [1.82, 2.24) is 9.80 Å². The van der Waals surface area contributed by atoms with Gasteiger partial charge in [0.05, 0.1) is 4.90 Å². The smallest absolute Gasteiger partial charge is 0.200 e. The largest absolute Gasteiger partial charge is 0.304 e. The van der Waals surface area contributed by atoms with Crippen LogP contribution < -0.4 is 0 Å². The number of hydrogen-bond acceptors (Lipinski definition) is 4. The maximum atomic E-state index is 12.2. The first-order valence-corrected chi connectivity index (χ1v) is 8.48. The van der Waals surface area contributed by atoms with Gasteiger partial charge < -0.3 is 4.90 Å². The third-order valence-electron chi connectivity index (χ3n) is 4.15. The molecule has 3 rings (SSSR count). The van der Waals surface area contributed by atoms with Crippen molar-refractivity contribution in [1.29, 1.82) is 0 Å². The zero-order valence-corrected chi connectivity index (χ0v) is 12.8. The topological polar surface area (TPSA) is 40.6 Å². The third kappa shape index (κ3) is 2.41. The van der Waals surface area contributed by atoms with Crippen molar-refractivity contribution in [3.05, 3.63) is 34.7 Å². The van der Waals surface area contributed by atoms with Gasteiger partial charge in [0, 0.05) is 43.7 Å². The van der Waals surface area contributed by atoms with Gasteiger partial charge in [0.2, 0.25) is 9.84 Å². The van der Waals surface area contributed by atoms with E-state index in [1.807, 2.05) is 19.1 Å². The molecule has 2 aliphatic rings. The summed E-state index contributed by atoms with van der Waals surface area (Å²) in [4.78, 5) is 5.11. The molecule has 0 aromatic heterocycles. The van der Waals surface area contributed by atoms with Crippen LogP contribution in [0.25, 0.3) is 5.57 Å². The van der Waals surface area contributed by atoms with Gasteiger partial charge in [0.1, 0.15) is 0 Å². The van der Waals surface area contributed by atoms with Crippen LogP contribution in [0.4, 0.5) is 0 Å². The van der Waals surface area contributed by atoms with E-state index >= 15 is 0 Å². The molecule has 0 bridgehead atoms. The third-order valence-corrected chi connectivity index (χ3v) is 5.70. The van der Waals surface area contributed by atoms with Gasteiger partial charge in [-0.2, -0.15) is 0 Å². The van der Waals surface area contributed by atoms with Crippen LogP contribution in [0, 0.1) is 6.92 Å². The highest BCUT2D eigenvalue weighted by atomic mass is 32.2. The number of aryl methyl sites for hydroxylation is 1. The average molecular weight is 292 g/mol. The molecule has 0 spiro atoms.